The van der Waals surface area contributed by atoms with Crippen LogP contribution >= 0.6 is 11.3 Å². The summed E-state index contributed by atoms with van der Waals surface area (Å²) in [5.74, 6) is 0. The van der Waals surface area contributed by atoms with Crippen LogP contribution in [0.25, 0.3) is 31.9 Å². The van der Waals surface area contributed by atoms with Gasteiger partial charge in [0.2, 0.25) is 0 Å². The summed E-state index contributed by atoms with van der Waals surface area (Å²) in [7, 11) is 0. The summed E-state index contributed by atoms with van der Waals surface area (Å²) >= 11 is 1.83. The van der Waals surface area contributed by atoms with E-state index in [1.165, 1.54) is 26.3 Å². The molecule has 2 aromatic carbocycles. The molecule has 0 atom stereocenters. The Bertz CT molecular complexity index is 1120. The molecule has 0 spiro atoms. The SMILES string of the molecule is CC(C)(C)c1cc(-c2cc3nc(-c4ccccc4)ccc3s2)cc(C(C)(C)C)c1. The Morgan fingerprint density at radius 2 is 1.28 bits per heavy atom. The summed E-state index contributed by atoms with van der Waals surface area (Å²) in [6.45, 7) is 13.7. The topological polar surface area (TPSA) is 12.9 Å². The molecule has 2 heteroatoms. The molecule has 1 nitrogen and oxygen atoms in total. The number of fused-ring (bicyclic) bond motifs is 1. The lowest BCUT2D eigenvalue weighted by Gasteiger charge is -2.26. The minimum atomic E-state index is 0.116. The van der Waals surface area contributed by atoms with Crippen molar-refractivity contribution < 1.29 is 0 Å². The van der Waals surface area contributed by atoms with Crippen LogP contribution in [0.5, 0.6) is 0 Å². The molecule has 2 heterocycles. The molecule has 29 heavy (non-hydrogen) atoms. The monoisotopic (exact) mass is 399 g/mol. The predicted octanol–water partition coefficient (Wildman–Crippen LogP) is 8.23. The molecule has 0 radical (unpaired) electrons. The van der Waals surface area contributed by atoms with Crippen LogP contribution in [-0.2, 0) is 10.8 Å². The summed E-state index contributed by atoms with van der Waals surface area (Å²) in [6, 6.07) is 24.1. The number of hydrogen-bond acceptors (Lipinski definition) is 2. The van der Waals surface area contributed by atoms with Gasteiger partial charge in [-0.2, -0.15) is 0 Å². The standard InChI is InChI=1S/C27H29NS/c1-26(2,3)20-14-19(15-21(16-20)27(4,5)6)25-17-23-24(29-25)13-12-22(28-23)18-10-8-7-9-11-18/h7-17H,1-6H3. The maximum absolute atomic E-state index is 4.94. The molecular formula is C27H29NS. The molecule has 0 amide bonds. The largest absolute Gasteiger partial charge is 0.247 e. The molecule has 0 aliphatic carbocycles. The van der Waals surface area contributed by atoms with E-state index in [9.17, 15) is 0 Å². The molecule has 0 bridgehead atoms. The third kappa shape index (κ3) is 4.13. The first-order valence-corrected chi connectivity index (χ1v) is 11.1. The third-order valence-corrected chi connectivity index (χ3v) is 6.53. The smallest absolute Gasteiger partial charge is 0.0823 e. The lowest BCUT2D eigenvalue weighted by atomic mass is 9.79. The average molecular weight is 400 g/mol. The van der Waals surface area contributed by atoms with Crippen molar-refractivity contribution in [3.05, 3.63) is 77.9 Å². The minimum Gasteiger partial charge on any atom is -0.247 e. The van der Waals surface area contributed by atoms with Gasteiger partial charge in [-0.25, -0.2) is 4.98 Å². The number of thiophene rings is 1. The van der Waals surface area contributed by atoms with Crippen LogP contribution in [0, 0.1) is 0 Å². The van der Waals surface area contributed by atoms with Crippen LogP contribution in [0.15, 0.2) is 66.7 Å². The molecule has 0 N–H and O–H groups in total. The Kier molecular flexibility index (Phi) is 4.86. The van der Waals surface area contributed by atoms with Crippen molar-refractivity contribution in [2.75, 3.05) is 0 Å². The second kappa shape index (κ2) is 7.11. The number of pyridine rings is 1. The molecule has 0 unspecified atom stereocenters. The number of rotatable bonds is 2. The van der Waals surface area contributed by atoms with E-state index in [1.54, 1.807) is 0 Å². The van der Waals surface area contributed by atoms with Crippen molar-refractivity contribution in [1.29, 1.82) is 0 Å². The number of hydrogen-bond donors (Lipinski definition) is 0. The van der Waals surface area contributed by atoms with Gasteiger partial charge in [0.15, 0.2) is 0 Å². The molecule has 0 saturated carbocycles. The fourth-order valence-corrected chi connectivity index (χ4v) is 4.46. The van der Waals surface area contributed by atoms with Gasteiger partial charge >= 0.3 is 0 Å². The maximum Gasteiger partial charge on any atom is 0.0823 e. The van der Waals surface area contributed by atoms with Gasteiger partial charge in [0.1, 0.15) is 0 Å². The summed E-state index contributed by atoms with van der Waals surface area (Å²) in [5, 5.41) is 0. The quantitative estimate of drug-likeness (QED) is 0.331. The highest BCUT2D eigenvalue weighted by atomic mass is 32.1. The molecule has 4 aromatic rings. The average Bonchev–Trinajstić information content (AvgIpc) is 3.10. The normalized spacial score (nSPS) is 12.5. The van der Waals surface area contributed by atoms with E-state index in [1.807, 2.05) is 17.4 Å². The molecule has 2 aromatic heterocycles. The van der Waals surface area contributed by atoms with Gasteiger partial charge < -0.3 is 0 Å². The van der Waals surface area contributed by atoms with E-state index < -0.39 is 0 Å². The van der Waals surface area contributed by atoms with E-state index in [-0.39, 0.29) is 10.8 Å². The van der Waals surface area contributed by atoms with Gasteiger partial charge in [0, 0.05) is 10.4 Å². The van der Waals surface area contributed by atoms with E-state index in [0.717, 1.165) is 16.8 Å². The Morgan fingerprint density at radius 3 is 1.86 bits per heavy atom. The van der Waals surface area contributed by atoms with Gasteiger partial charge in [-0.3, -0.25) is 0 Å². The molecule has 0 aliphatic heterocycles. The lowest BCUT2D eigenvalue weighted by molar-refractivity contribution is 0.569. The minimum absolute atomic E-state index is 0.116. The molecule has 0 fully saturated rings. The molecule has 4 rings (SSSR count). The van der Waals surface area contributed by atoms with Gasteiger partial charge in [0.05, 0.1) is 15.9 Å². The van der Waals surface area contributed by atoms with Crippen molar-refractivity contribution in [1.82, 2.24) is 4.98 Å². The van der Waals surface area contributed by atoms with Crippen molar-refractivity contribution in [2.24, 2.45) is 0 Å². The van der Waals surface area contributed by atoms with E-state index in [4.69, 9.17) is 4.98 Å². The fourth-order valence-electron chi connectivity index (χ4n) is 3.47. The van der Waals surface area contributed by atoms with Gasteiger partial charge in [0.25, 0.3) is 0 Å². The molecule has 0 saturated heterocycles. The van der Waals surface area contributed by atoms with E-state index >= 15 is 0 Å². The van der Waals surface area contributed by atoms with Crippen molar-refractivity contribution in [3.63, 3.8) is 0 Å². The first kappa shape index (κ1) is 19.8. The third-order valence-electron chi connectivity index (χ3n) is 5.39. The van der Waals surface area contributed by atoms with Crippen LogP contribution in [-0.4, -0.2) is 4.98 Å². The second-order valence-electron chi connectivity index (χ2n) is 9.86. The summed E-state index contributed by atoms with van der Waals surface area (Å²) in [5.41, 5.74) is 7.56. The highest BCUT2D eigenvalue weighted by Crippen LogP contribution is 2.38. The van der Waals surface area contributed by atoms with Gasteiger partial charge in [-0.1, -0.05) is 77.9 Å². The summed E-state index contributed by atoms with van der Waals surface area (Å²) in [6.07, 6.45) is 0. The summed E-state index contributed by atoms with van der Waals surface area (Å²) in [4.78, 5) is 6.23. The van der Waals surface area contributed by atoms with E-state index in [2.05, 4.69) is 102 Å². The number of benzene rings is 2. The van der Waals surface area contributed by atoms with E-state index in [0.29, 0.717) is 0 Å². The Hall–Kier alpha value is -2.45. The summed E-state index contributed by atoms with van der Waals surface area (Å²) < 4.78 is 1.23. The molecular weight excluding hydrogens is 370 g/mol. The molecule has 0 aliphatic rings. The Labute approximate surface area is 178 Å². The predicted molar refractivity (Wildman–Crippen MR) is 128 cm³/mol. The number of aromatic nitrogens is 1. The Morgan fingerprint density at radius 1 is 0.655 bits per heavy atom. The zero-order chi connectivity index (χ0) is 20.8. The number of nitrogens with zero attached hydrogens (tertiary/aromatic N) is 1. The Balaban J connectivity index is 1.84. The van der Waals surface area contributed by atoms with Gasteiger partial charge in [-0.05, 0) is 57.9 Å². The zero-order valence-electron chi connectivity index (χ0n) is 18.2. The van der Waals surface area contributed by atoms with Crippen LogP contribution in [0.3, 0.4) is 0 Å². The second-order valence-corrected chi connectivity index (χ2v) is 10.9. The lowest BCUT2D eigenvalue weighted by Crippen LogP contribution is -2.16. The first-order valence-electron chi connectivity index (χ1n) is 10.2. The van der Waals surface area contributed by atoms with Crippen LogP contribution in [0.4, 0.5) is 0 Å². The van der Waals surface area contributed by atoms with Gasteiger partial charge in [-0.15, -0.1) is 11.3 Å². The highest BCUT2D eigenvalue weighted by molar-refractivity contribution is 7.22. The van der Waals surface area contributed by atoms with Crippen LogP contribution in [0.2, 0.25) is 0 Å². The van der Waals surface area contributed by atoms with Crippen LogP contribution < -0.4 is 0 Å². The van der Waals surface area contributed by atoms with Crippen molar-refractivity contribution in [2.45, 2.75) is 52.4 Å². The molecule has 148 valence electrons. The van der Waals surface area contributed by atoms with Crippen molar-refractivity contribution in [3.8, 4) is 21.7 Å². The first-order chi connectivity index (χ1) is 13.6. The van der Waals surface area contributed by atoms with Crippen molar-refractivity contribution >= 4 is 21.6 Å². The highest BCUT2D eigenvalue weighted by Gasteiger charge is 2.21. The fraction of sp³-hybridized carbons (Fsp3) is 0.296. The van der Waals surface area contributed by atoms with Crippen LogP contribution in [0.1, 0.15) is 52.7 Å². The maximum atomic E-state index is 4.94. The zero-order valence-corrected chi connectivity index (χ0v) is 19.0.